The Balaban J connectivity index is 0.00000200. The van der Waals surface area contributed by atoms with Gasteiger partial charge in [-0.25, -0.2) is 0 Å². The molecule has 6 heteroatoms. The van der Waals surface area contributed by atoms with Gasteiger partial charge in [0.25, 0.3) is 0 Å². The molecule has 1 fully saturated rings. The first-order chi connectivity index (χ1) is 9.25. The van der Waals surface area contributed by atoms with Crippen LogP contribution in [0.5, 0.6) is 0 Å². The van der Waals surface area contributed by atoms with Gasteiger partial charge in [-0.1, -0.05) is 19.3 Å². The van der Waals surface area contributed by atoms with E-state index in [2.05, 4.69) is 15.3 Å². The normalized spacial score (nSPS) is 18.1. The highest BCUT2D eigenvalue weighted by molar-refractivity contribution is 14.0. The molecule has 1 aromatic heterocycles. The Morgan fingerprint density at radius 1 is 1.35 bits per heavy atom. The molecular weight excluding hydrogens is 367 g/mol. The topological polar surface area (TPSA) is 83.5 Å². The number of pyridine rings is 1. The van der Waals surface area contributed by atoms with Crippen LogP contribution in [0.15, 0.2) is 29.5 Å². The van der Waals surface area contributed by atoms with Crippen molar-refractivity contribution in [2.45, 2.75) is 44.2 Å². The summed E-state index contributed by atoms with van der Waals surface area (Å²) in [5.41, 5.74) is 6.66. The van der Waals surface area contributed by atoms with E-state index in [1.807, 2.05) is 0 Å². The van der Waals surface area contributed by atoms with Crippen molar-refractivity contribution in [1.82, 2.24) is 10.3 Å². The molecule has 0 amide bonds. The fraction of sp³-hybridized carbons (Fsp3) is 0.571. The largest absolute Gasteiger partial charge is 0.386 e. The number of nitrogens with zero attached hydrogens (tertiary/aromatic N) is 2. The van der Waals surface area contributed by atoms with E-state index >= 15 is 0 Å². The van der Waals surface area contributed by atoms with Gasteiger partial charge < -0.3 is 16.2 Å². The summed E-state index contributed by atoms with van der Waals surface area (Å²) in [7, 11) is 0. The first kappa shape index (κ1) is 17.2. The Bertz CT molecular complexity index is 407. The third kappa shape index (κ3) is 5.62. The lowest BCUT2D eigenvalue weighted by atomic mass is 9.96. The summed E-state index contributed by atoms with van der Waals surface area (Å²) >= 11 is 0. The van der Waals surface area contributed by atoms with Gasteiger partial charge in [-0.2, -0.15) is 0 Å². The molecule has 20 heavy (non-hydrogen) atoms. The molecule has 1 saturated carbocycles. The first-order valence-corrected chi connectivity index (χ1v) is 6.90. The molecule has 2 rings (SSSR count). The van der Waals surface area contributed by atoms with Crippen LogP contribution in [0, 0.1) is 0 Å². The third-order valence-corrected chi connectivity index (χ3v) is 3.48. The maximum absolute atomic E-state index is 9.96. The number of aliphatic hydroxyl groups is 1. The van der Waals surface area contributed by atoms with E-state index in [0.29, 0.717) is 12.0 Å². The van der Waals surface area contributed by atoms with Crippen LogP contribution in [0.1, 0.15) is 43.8 Å². The van der Waals surface area contributed by atoms with Gasteiger partial charge in [-0.15, -0.1) is 24.0 Å². The van der Waals surface area contributed by atoms with E-state index in [1.54, 1.807) is 24.5 Å². The zero-order chi connectivity index (χ0) is 13.5. The maximum atomic E-state index is 9.96. The Hall–Kier alpha value is -0.890. The number of rotatable bonds is 4. The van der Waals surface area contributed by atoms with Gasteiger partial charge in [-0.3, -0.25) is 9.98 Å². The summed E-state index contributed by atoms with van der Waals surface area (Å²) in [6.45, 7) is 0.273. The monoisotopic (exact) mass is 390 g/mol. The van der Waals surface area contributed by atoms with E-state index in [9.17, 15) is 5.11 Å². The predicted molar refractivity (Wildman–Crippen MR) is 91.1 cm³/mol. The van der Waals surface area contributed by atoms with Gasteiger partial charge in [0.15, 0.2) is 5.96 Å². The third-order valence-electron chi connectivity index (χ3n) is 3.48. The van der Waals surface area contributed by atoms with Crippen molar-refractivity contribution in [3.05, 3.63) is 30.1 Å². The Kier molecular flexibility index (Phi) is 7.83. The lowest BCUT2D eigenvalue weighted by Gasteiger charge is -2.23. The van der Waals surface area contributed by atoms with Crippen LogP contribution in [0.25, 0.3) is 0 Å². The zero-order valence-electron chi connectivity index (χ0n) is 11.5. The van der Waals surface area contributed by atoms with Crippen molar-refractivity contribution in [1.29, 1.82) is 0 Å². The molecule has 1 aromatic rings. The van der Waals surface area contributed by atoms with Gasteiger partial charge in [0.2, 0.25) is 0 Å². The number of guanidine groups is 1. The van der Waals surface area contributed by atoms with Crippen LogP contribution in [-0.2, 0) is 0 Å². The molecule has 1 heterocycles. The number of aromatic nitrogens is 1. The average molecular weight is 390 g/mol. The maximum Gasteiger partial charge on any atom is 0.188 e. The first-order valence-electron chi connectivity index (χ1n) is 6.90. The molecule has 112 valence electrons. The van der Waals surface area contributed by atoms with Crippen LogP contribution < -0.4 is 11.1 Å². The summed E-state index contributed by atoms with van der Waals surface area (Å²) in [5.74, 6) is 0.431. The smallest absolute Gasteiger partial charge is 0.188 e. The highest BCUT2D eigenvalue weighted by Gasteiger charge is 2.13. The number of nitrogens with two attached hydrogens (primary N) is 1. The summed E-state index contributed by atoms with van der Waals surface area (Å²) < 4.78 is 0. The molecule has 0 aliphatic heterocycles. The molecule has 1 atom stereocenters. The standard InChI is InChI=1S/C14H22N4O.HI/c15-14(18-12-4-2-1-3-5-12)17-10-13(19)11-6-8-16-9-7-11;/h6-9,12-13,19H,1-5,10H2,(H3,15,17,18);1H. The Morgan fingerprint density at radius 2 is 2.00 bits per heavy atom. The fourth-order valence-electron chi connectivity index (χ4n) is 2.38. The second kappa shape index (κ2) is 9.12. The van der Waals surface area contributed by atoms with Crippen molar-refractivity contribution in [3.8, 4) is 0 Å². The molecule has 0 saturated heterocycles. The SMILES string of the molecule is I.NC(=NCC(O)c1ccncc1)NC1CCCCC1. The number of aliphatic imine (C=N–C) groups is 1. The molecule has 1 unspecified atom stereocenters. The second-order valence-electron chi connectivity index (χ2n) is 5.00. The van der Waals surface area contributed by atoms with Gasteiger partial charge in [0.1, 0.15) is 0 Å². The van der Waals surface area contributed by atoms with Crippen molar-refractivity contribution in [2.24, 2.45) is 10.7 Å². The van der Waals surface area contributed by atoms with E-state index in [1.165, 1.54) is 19.3 Å². The number of aliphatic hydroxyl groups excluding tert-OH is 1. The average Bonchev–Trinajstić information content (AvgIpc) is 2.47. The molecule has 0 radical (unpaired) electrons. The van der Waals surface area contributed by atoms with Crippen LogP contribution >= 0.6 is 24.0 Å². The van der Waals surface area contributed by atoms with E-state index in [0.717, 1.165) is 18.4 Å². The summed E-state index contributed by atoms with van der Waals surface area (Å²) in [6, 6.07) is 4.01. The highest BCUT2D eigenvalue weighted by atomic mass is 127. The highest BCUT2D eigenvalue weighted by Crippen LogP contribution is 2.17. The summed E-state index contributed by atoms with van der Waals surface area (Å²) in [5, 5.41) is 13.2. The van der Waals surface area contributed by atoms with Gasteiger partial charge in [0.05, 0.1) is 12.6 Å². The summed E-state index contributed by atoms with van der Waals surface area (Å²) in [4.78, 5) is 8.12. The van der Waals surface area contributed by atoms with Crippen molar-refractivity contribution < 1.29 is 5.11 Å². The number of nitrogens with one attached hydrogen (secondary N) is 1. The van der Waals surface area contributed by atoms with E-state index in [-0.39, 0.29) is 30.5 Å². The molecule has 0 aromatic carbocycles. The lowest BCUT2D eigenvalue weighted by molar-refractivity contribution is 0.187. The van der Waals surface area contributed by atoms with Crippen LogP contribution in [-0.4, -0.2) is 28.6 Å². The van der Waals surface area contributed by atoms with Crippen molar-refractivity contribution >= 4 is 29.9 Å². The van der Waals surface area contributed by atoms with Gasteiger partial charge >= 0.3 is 0 Å². The van der Waals surface area contributed by atoms with Crippen molar-refractivity contribution in [2.75, 3.05) is 6.54 Å². The van der Waals surface area contributed by atoms with Crippen molar-refractivity contribution in [3.63, 3.8) is 0 Å². The molecule has 4 N–H and O–H groups in total. The van der Waals surface area contributed by atoms with Gasteiger partial charge in [-0.05, 0) is 30.5 Å². The molecular formula is C14H23IN4O. The van der Waals surface area contributed by atoms with E-state index < -0.39 is 6.10 Å². The van der Waals surface area contributed by atoms with Crippen LogP contribution in [0.2, 0.25) is 0 Å². The zero-order valence-corrected chi connectivity index (χ0v) is 13.9. The Labute approximate surface area is 137 Å². The Morgan fingerprint density at radius 3 is 2.65 bits per heavy atom. The minimum absolute atomic E-state index is 0. The number of hydrogen-bond donors (Lipinski definition) is 3. The lowest BCUT2D eigenvalue weighted by Crippen LogP contribution is -2.41. The molecule has 5 nitrogen and oxygen atoms in total. The molecule has 0 bridgehead atoms. The minimum atomic E-state index is -0.630. The molecule has 0 spiro atoms. The summed E-state index contributed by atoms with van der Waals surface area (Å²) in [6.07, 6.45) is 8.82. The quantitative estimate of drug-likeness (QED) is 0.417. The number of halogens is 1. The van der Waals surface area contributed by atoms with E-state index in [4.69, 9.17) is 5.73 Å². The minimum Gasteiger partial charge on any atom is -0.386 e. The molecule has 1 aliphatic rings. The van der Waals surface area contributed by atoms with Gasteiger partial charge in [0, 0.05) is 18.4 Å². The fourth-order valence-corrected chi connectivity index (χ4v) is 2.38. The second-order valence-corrected chi connectivity index (χ2v) is 5.00. The van der Waals surface area contributed by atoms with Crippen LogP contribution in [0.3, 0.4) is 0 Å². The number of hydrogen-bond acceptors (Lipinski definition) is 3. The predicted octanol–water partition coefficient (Wildman–Crippen LogP) is 1.97. The van der Waals surface area contributed by atoms with Crippen LogP contribution in [0.4, 0.5) is 0 Å². The molecule has 1 aliphatic carbocycles.